The van der Waals surface area contributed by atoms with E-state index in [0.717, 1.165) is 42.5 Å². The lowest BCUT2D eigenvalue weighted by Crippen LogP contribution is -2.04. The molecule has 0 radical (unpaired) electrons. The van der Waals surface area contributed by atoms with E-state index in [1.54, 1.807) is 12.1 Å². The topological polar surface area (TPSA) is 56.7 Å². The normalized spacial score (nSPS) is 14.7. The first-order valence-electron chi connectivity index (χ1n) is 10.6. The van der Waals surface area contributed by atoms with Gasteiger partial charge in [-0.05, 0) is 56.0 Å². The van der Waals surface area contributed by atoms with Crippen LogP contribution in [0.2, 0.25) is 15.1 Å². The molecule has 0 spiro atoms. The van der Waals surface area contributed by atoms with Gasteiger partial charge in [-0.3, -0.25) is 0 Å². The Morgan fingerprint density at radius 1 is 0.969 bits per heavy atom. The molecule has 0 unspecified atom stereocenters. The van der Waals surface area contributed by atoms with E-state index in [2.05, 4.69) is 24.0 Å². The van der Waals surface area contributed by atoms with E-state index in [9.17, 15) is 0 Å². The van der Waals surface area contributed by atoms with Gasteiger partial charge in [0.15, 0.2) is 5.69 Å². The highest BCUT2D eigenvalue weighted by Gasteiger charge is 2.47. The monoisotopic (exact) mass is 486 g/mol. The highest BCUT2D eigenvalue weighted by molar-refractivity contribution is 6.35. The average Bonchev–Trinajstić information content (AvgIpc) is 3.26. The molecule has 1 fully saturated rings. The van der Waals surface area contributed by atoms with E-state index in [1.165, 1.54) is 0 Å². The van der Waals surface area contributed by atoms with Gasteiger partial charge in [-0.15, -0.1) is 10.2 Å². The predicted molar refractivity (Wildman–Crippen MR) is 128 cm³/mol. The maximum absolute atomic E-state index is 6.57. The number of halogens is 3. The van der Waals surface area contributed by atoms with Gasteiger partial charge >= 0.3 is 0 Å². The fourth-order valence-corrected chi connectivity index (χ4v) is 4.71. The van der Waals surface area contributed by atoms with E-state index in [1.807, 2.05) is 35.0 Å². The van der Waals surface area contributed by atoms with Gasteiger partial charge in [0.2, 0.25) is 5.89 Å². The van der Waals surface area contributed by atoms with Crippen molar-refractivity contribution in [2.24, 2.45) is 0 Å². The first-order chi connectivity index (χ1) is 15.5. The molecule has 0 atom stereocenters. The first-order valence-corrected chi connectivity index (χ1v) is 11.8. The number of hydrogen-bond donors (Lipinski definition) is 0. The maximum Gasteiger partial charge on any atom is 0.268 e. The summed E-state index contributed by atoms with van der Waals surface area (Å²) in [5, 5.41) is 15.4. The summed E-state index contributed by atoms with van der Waals surface area (Å²) >= 11 is 18.9. The van der Waals surface area contributed by atoms with Gasteiger partial charge in [0.1, 0.15) is 0 Å². The van der Waals surface area contributed by atoms with Crippen molar-refractivity contribution in [3.05, 3.63) is 69.0 Å². The molecule has 0 saturated heterocycles. The molecule has 0 bridgehead atoms. The molecule has 8 heteroatoms. The number of benzene rings is 2. The van der Waals surface area contributed by atoms with Gasteiger partial charge in [-0.25, -0.2) is 4.68 Å². The molecule has 1 aliphatic carbocycles. The van der Waals surface area contributed by atoms with E-state index in [-0.39, 0.29) is 5.41 Å². The highest BCUT2D eigenvalue weighted by atomic mass is 35.5. The molecular weight excluding hydrogens is 467 g/mol. The zero-order chi connectivity index (χ0) is 22.5. The fraction of sp³-hybridized carbons (Fsp3) is 0.292. The summed E-state index contributed by atoms with van der Waals surface area (Å²) in [6, 6.07) is 13.0. The molecule has 1 saturated carbocycles. The lowest BCUT2D eigenvalue weighted by molar-refractivity contribution is 0.433. The lowest BCUT2D eigenvalue weighted by atomic mass is 10.0. The van der Waals surface area contributed by atoms with Crippen molar-refractivity contribution in [1.82, 2.24) is 20.0 Å². The van der Waals surface area contributed by atoms with Crippen molar-refractivity contribution in [3.63, 3.8) is 0 Å². The largest absolute Gasteiger partial charge is 0.419 e. The van der Waals surface area contributed by atoms with Gasteiger partial charge in [-0.1, -0.05) is 60.8 Å². The molecule has 0 amide bonds. The first kappa shape index (κ1) is 21.5. The molecule has 5 nitrogen and oxygen atoms in total. The number of aromatic nitrogens is 4. The standard InChI is InChI=1S/C24H21Cl3N4O/c1-3-17-20(22-28-29-23(32-22)24(4-2)11-12-24)30-31(19-10-9-16(26)13-18(19)27)21(17)14-5-7-15(25)8-6-14/h5-10,13H,3-4,11-12H2,1-2H3. The Balaban J connectivity index is 1.73. The van der Waals surface area contributed by atoms with Crippen LogP contribution < -0.4 is 0 Å². The van der Waals surface area contributed by atoms with Crippen molar-refractivity contribution < 1.29 is 4.42 Å². The average molecular weight is 488 g/mol. The van der Waals surface area contributed by atoms with E-state index < -0.39 is 0 Å². The number of hydrogen-bond acceptors (Lipinski definition) is 4. The minimum absolute atomic E-state index is 0.0265. The second kappa shape index (κ2) is 8.22. The third-order valence-electron chi connectivity index (χ3n) is 6.20. The predicted octanol–water partition coefficient (Wildman–Crippen LogP) is 7.55. The molecule has 0 aliphatic heterocycles. The van der Waals surface area contributed by atoms with Crippen molar-refractivity contribution >= 4 is 34.8 Å². The molecular formula is C24H21Cl3N4O. The van der Waals surface area contributed by atoms with Gasteiger partial charge in [0.05, 0.1) is 16.4 Å². The van der Waals surface area contributed by atoms with Crippen LogP contribution in [0.3, 0.4) is 0 Å². The van der Waals surface area contributed by atoms with Crippen molar-refractivity contribution in [2.75, 3.05) is 0 Å². The van der Waals surface area contributed by atoms with Crippen molar-refractivity contribution in [3.8, 4) is 28.5 Å². The summed E-state index contributed by atoms with van der Waals surface area (Å²) in [6.07, 6.45) is 3.86. The molecule has 4 aromatic rings. The third kappa shape index (κ3) is 3.62. The van der Waals surface area contributed by atoms with Crippen LogP contribution >= 0.6 is 34.8 Å². The quantitative estimate of drug-likeness (QED) is 0.282. The minimum atomic E-state index is 0.0265. The second-order valence-corrected chi connectivity index (χ2v) is 9.37. The van der Waals surface area contributed by atoms with E-state index in [4.69, 9.17) is 44.3 Å². The van der Waals surface area contributed by atoms with E-state index >= 15 is 0 Å². The van der Waals surface area contributed by atoms with Gasteiger partial charge in [-0.2, -0.15) is 5.10 Å². The summed E-state index contributed by atoms with van der Waals surface area (Å²) in [5.74, 6) is 1.12. The molecule has 2 heterocycles. The summed E-state index contributed by atoms with van der Waals surface area (Å²) in [7, 11) is 0. The molecule has 164 valence electrons. The zero-order valence-corrected chi connectivity index (χ0v) is 20.0. The molecule has 32 heavy (non-hydrogen) atoms. The summed E-state index contributed by atoms with van der Waals surface area (Å²) in [5.41, 5.74) is 4.26. The van der Waals surface area contributed by atoms with Gasteiger partial charge in [0.25, 0.3) is 5.89 Å². The Morgan fingerprint density at radius 3 is 2.31 bits per heavy atom. The summed E-state index contributed by atoms with van der Waals surface area (Å²) in [4.78, 5) is 0. The zero-order valence-electron chi connectivity index (χ0n) is 17.7. The molecule has 5 rings (SSSR count). The SMILES string of the molecule is CCc1c(-c2nnc(C3(CC)CC3)o2)nn(-c2ccc(Cl)cc2Cl)c1-c1ccc(Cl)cc1. The Labute approximate surface area is 201 Å². The van der Waals surface area contributed by atoms with Crippen LogP contribution in [0, 0.1) is 0 Å². The molecule has 2 aromatic heterocycles. The van der Waals surface area contributed by atoms with Crippen LogP contribution in [-0.4, -0.2) is 20.0 Å². The number of rotatable bonds is 6. The molecule has 0 N–H and O–H groups in total. The third-order valence-corrected chi connectivity index (χ3v) is 6.99. The Bertz CT molecular complexity index is 1290. The van der Waals surface area contributed by atoms with Crippen LogP contribution in [0.15, 0.2) is 46.9 Å². The number of nitrogens with zero attached hydrogens (tertiary/aromatic N) is 4. The lowest BCUT2D eigenvalue weighted by Gasteiger charge is -2.11. The Hall–Kier alpha value is -2.34. The van der Waals surface area contributed by atoms with Crippen LogP contribution in [-0.2, 0) is 11.8 Å². The summed E-state index contributed by atoms with van der Waals surface area (Å²) < 4.78 is 7.99. The fourth-order valence-electron chi connectivity index (χ4n) is 4.09. The van der Waals surface area contributed by atoms with E-state index in [0.29, 0.717) is 38.2 Å². The van der Waals surface area contributed by atoms with Crippen molar-refractivity contribution in [1.29, 1.82) is 0 Å². The highest BCUT2D eigenvalue weighted by Crippen LogP contribution is 2.50. The van der Waals surface area contributed by atoms with Gasteiger partial charge in [0, 0.05) is 26.6 Å². The van der Waals surface area contributed by atoms with Crippen LogP contribution in [0.1, 0.15) is 44.6 Å². The summed E-state index contributed by atoms with van der Waals surface area (Å²) in [6.45, 7) is 4.24. The van der Waals surface area contributed by atoms with Crippen molar-refractivity contribution in [2.45, 2.75) is 44.9 Å². The smallest absolute Gasteiger partial charge is 0.268 e. The molecule has 1 aliphatic rings. The second-order valence-electron chi connectivity index (χ2n) is 8.09. The Kier molecular flexibility index (Phi) is 5.52. The van der Waals surface area contributed by atoms with Crippen LogP contribution in [0.4, 0.5) is 0 Å². The van der Waals surface area contributed by atoms with Gasteiger partial charge < -0.3 is 4.42 Å². The Morgan fingerprint density at radius 2 is 1.69 bits per heavy atom. The molecule has 2 aromatic carbocycles. The minimum Gasteiger partial charge on any atom is -0.419 e. The van der Waals surface area contributed by atoms with Crippen LogP contribution in [0.5, 0.6) is 0 Å². The van der Waals surface area contributed by atoms with Crippen LogP contribution in [0.25, 0.3) is 28.5 Å². The maximum atomic E-state index is 6.57.